The quantitative estimate of drug-likeness (QED) is 0.675. The van der Waals surface area contributed by atoms with E-state index in [1.807, 2.05) is 30.6 Å². The highest BCUT2D eigenvalue weighted by Crippen LogP contribution is 2.44. The molecule has 1 aromatic rings. The van der Waals surface area contributed by atoms with Gasteiger partial charge in [-0.05, 0) is 17.2 Å². The number of ether oxygens (including phenoxy) is 1. The molecule has 3 aliphatic rings. The molecule has 0 radical (unpaired) electrons. The van der Waals surface area contributed by atoms with Crippen LogP contribution >= 0.6 is 12.2 Å². The summed E-state index contributed by atoms with van der Waals surface area (Å²) in [5.74, 6) is 0. The molecule has 1 saturated heterocycles. The minimum Gasteiger partial charge on any atom is -0.370 e. The Morgan fingerprint density at radius 2 is 2.21 bits per heavy atom. The molecule has 0 N–H and O–H groups in total. The molecule has 1 aromatic carbocycles. The van der Waals surface area contributed by atoms with Crippen molar-refractivity contribution in [3.63, 3.8) is 0 Å². The van der Waals surface area contributed by atoms with Gasteiger partial charge in [0.05, 0.1) is 24.2 Å². The fraction of sp³-hybridized carbons (Fsp3) is 0.267. The van der Waals surface area contributed by atoms with Crippen LogP contribution in [-0.2, 0) is 10.2 Å². The molecule has 0 bridgehead atoms. The molecule has 4 heteroatoms. The first-order valence-corrected chi connectivity index (χ1v) is 6.73. The molecule has 1 fully saturated rings. The number of thiocarbonyl (C=S) groups is 1. The molecular formula is C15H12N2OS. The Labute approximate surface area is 116 Å². The molecule has 0 saturated carbocycles. The third-order valence-corrected chi connectivity index (χ3v) is 4.57. The fourth-order valence-corrected chi connectivity index (χ4v) is 3.50. The van der Waals surface area contributed by atoms with E-state index in [0.29, 0.717) is 11.6 Å². The van der Waals surface area contributed by atoms with Gasteiger partial charge < -0.3 is 4.74 Å². The summed E-state index contributed by atoms with van der Waals surface area (Å²) < 4.78 is 5.92. The molecule has 3 atom stereocenters. The highest BCUT2D eigenvalue weighted by Gasteiger charge is 2.55. The largest absolute Gasteiger partial charge is 0.370 e. The average molecular weight is 268 g/mol. The van der Waals surface area contributed by atoms with Crippen molar-refractivity contribution in [2.24, 2.45) is 9.98 Å². The van der Waals surface area contributed by atoms with Gasteiger partial charge in [0.1, 0.15) is 4.99 Å². The molecule has 3 nitrogen and oxygen atoms in total. The lowest BCUT2D eigenvalue weighted by atomic mass is 9.71. The Hall–Kier alpha value is -1.65. The maximum absolute atomic E-state index is 5.92. The summed E-state index contributed by atoms with van der Waals surface area (Å²) in [5, 5.41) is 0. The van der Waals surface area contributed by atoms with Gasteiger partial charge in [-0.2, -0.15) is 0 Å². The zero-order chi connectivity index (χ0) is 12.9. The minimum absolute atomic E-state index is 0.00333. The van der Waals surface area contributed by atoms with Crippen LogP contribution in [0.2, 0.25) is 0 Å². The Kier molecular flexibility index (Phi) is 2.31. The lowest BCUT2D eigenvalue weighted by Crippen LogP contribution is -2.48. The van der Waals surface area contributed by atoms with Crippen molar-refractivity contribution in [3.05, 3.63) is 47.5 Å². The second-order valence-corrected chi connectivity index (χ2v) is 5.41. The number of aliphatic imine (C=N–C) groups is 2. The predicted octanol–water partition coefficient (Wildman–Crippen LogP) is 2.09. The first-order valence-electron chi connectivity index (χ1n) is 6.32. The molecule has 3 aliphatic heterocycles. The van der Waals surface area contributed by atoms with E-state index >= 15 is 0 Å². The zero-order valence-electron chi connectivity index (χ0n) is 10.2. The van der Waals surface area contributed by atoms with E-state index < -0.39 is 0 Å². The van der Waals surface area contributed by atoms with Crippen LogP contribution in [0.1, 0.15) is 11.1 Å². The number of benzene rings is 1. The highest BCUT2D eigenvalue weighted by atomic mass is 32.1. The Morgan fingerprint density at radius 3 is 3.16 bits per heavy atom. The first kappa shape index (κ1) is 11.2. The van der Waals surface area contributed by atoms with Gasteiger partial charge >= 0.3 is 0 Å². The van der Waals surface area contributed by atoms with E-state index in [1.165, 1.54) is 5.56 Å². The summed E-state index contributed by atoms with van der Waals surface area (Å²) in [6, 6.07) is 8.25. The van der Waals surface area contributed by atoms with E-state index in [-0.39, 0.29) is 17.6 Å². The van der Waals surface area contributed by atoms with Gasteiger partial charge in [-0.25, -0.2) is 4.99 Å². The summed E-state index contributed by atoms with van der Waals surface area (Å²) in [4.78, 5) is 9.73. The molecule has 0 aliphatic carbocycles. The van der Waals surface area contributed by atoms with Crippen LogP contribution < -0.4 is 0 Å². The highest BCUT2D eigenvalue weighted by molar-refractivity contribution is 7.80. The van der Waals surface area contributed by atoms with Crippen LogP contribution in [-0.4, -0.2) is 36.2 Å². The molecule has 94 valence electrons. The molecule has 1 spiro atoms. The second kappa shape index (κ2) is 3.92. The topological polar surface area (TPSA) is 34.0 Å². The summed E-state index contributed by atoms with van der Waals surface area (Å²) in [6.45, 7) is 0.553. The number of hydrogen-bond acceptors (Lipinski definition) is 3. The molecule has 3 unspecified atom stereocenters. The van der Waals surface area contributed by atoms with Gasteiger partial charge in [0.15, 0.2) is 0 Å². The van der Waals surface area contributed by atoms with E-state index in [2.05, 4.69) is 28.2 Å². The smallest absolute Gasteiger partial charge is 0.118 e. The number of hydrogen-bond donors (Lipinski definition) is 0. The number of allylic oxidation sites excluding steroid dienone is 1. The Morgan fingerprint density at radius 1 is 1.32 bits per heavy atom. The van der Waals surface area contributed by atoms with Crippen molar-refractivity contribution in [1.29, 1.82) is 0 Å². The van der Waals surface area contributed by atoms with Crippen LogP contribution in [0.15, 0.2) is 46.4 Å². The lowest BCUT2D eigenvalue weighted by Gasteiger charge is -2.35. The predicted molar refractivity (Wildman–Crippen MR) is 79.5 cm³/mol. The molecule has 4 rings (SSSR count). The monoisotopic (exact) mass is 268 g/mol. The number of rotatable bonds is 0. The van der Waals surface area contributed by atoms with Crippen LogP contribution in [0, 0.1) is 0 Å². The van der Waals surface area contributed by atoms with Crippen molar-refractivity contribution in [2.75, 3.05) is 6.61 Å². The maximum Gasteiger partial charge on any atom is 0.118 e. The molecular weight excluding hydrogens is 256 g/mol. The molecule has 0 aromatic heterocycles. The van der Waals surface area contributed by atoms with Crippen molar-refractivity contribution in [1.82, 2.24) is 0 Å². The maximum atomic E-state index is 5.92. The van der Waals surface area contributed by atoms with E-state index in [1.54, 1.807) is 0 Å². The second-order valence-electron chi connectivity index (χ2n) is 5.03. The summed E-state index contributed by atoms with van der Waals surface area (Å²) in [7, 11) is 0. The lowest BCUT2D eigenvalue weighted by molar-refractivity contribution is 0.135. The van der Waals surface area contributed by atoms with Gasteiger partial charge in [-0.15, -0.1) is 0 Å². The zero-order valence-corrected chi connectivity index (χ0v) is 11.0. The van der Waals surface area contributed by atoms with Crippen molar-refractivity contribution in [2.45, 2.75) is 17.6 Å². The molecule has 19 heavy (non-hydrogen) atoms. The third kappa shape index (κ3) is 1.38. The summed E-state index contributed by atoms with van der Waals surface area (Å²) >= 11 is 5.55. The summed E-state index contributed by atoms with van der Waals surface area (Å²) in [5.41, 5.74) is 1.92. The van der Waals surface area contributed by atoms with Gasteiger partial charge in [0, 0.05) is 12.4 Å². The van der Waals surface area contributed by atoms with Crippen molar-refractivity contribution in [3.8, 4) is 0 Å². The van der Waals surface area contributed by atoms with E-state index in [0.717, 1.165) is 5.56 Å². The normalized spacial score (nSPS) is 34.6. The minimum atomic E-state index is -0.382. The van der Waals surface area contributed by atoms with E-state index in [9.17, 15) is 0 Å². The van der Waals surface area contributed by atoms with Crippen LogP contribution in [0.25, 0.3) is 0 Å². The average Bonchev–Trinajstić information content (AvgIpc) is 2.85. The van der Waals surface area contributed by atoms with Gasteiger partial charge in [-0.3, -0.25) is 4.99 Å². The fourth-order valence-electron chi connectivity index (χ4n) is 3.16. The molecule has 0 amide bonds. The SMILES string of the molecule is S=C1N=Cc2ccccc2C12COC1C=CC=NC12. The molecule has 3 heterocycles. The van der Waals surface area contributed by atoms with Gasteiger partial charge in [-0.1, -0.05) is 42.6 Å². The van der Waals surface area contributed by atoms with Crippen LogP contribution in [0.3, 0.4) is 0 Å². The number of fused-ring (bicyclic) bond motifs is 4. The Bertz CT molecular complexity index is 649. The van der Waals surface area contributed by atoms with Crippen LogP contribution in [0.4, 0.5) is 0 Å². The van der Waals surface area contributed by atoms with E-state index in [4.69, 9.17) is 17.0 Å². The number of dihydropyridines is 1. The first-order chi connectivity index (χ1) is 9.32. The van der Waals surface area contributed by atoms with Gasteiger partial charge in [0.2, 0.25) is 0 Å². The third-order valence-electron chi connectivity index (χ3n) is 4.10. The van der Waals surface area contributed by atoms with Crippen LogP contribution in [0.5, 0.6) is 0 Å². The van der Waals surface area contributed by atoms with Gasteiger partial charge in [0.25, 0.3) is 0 Å². The Balaban J connectivity index is 1.94. The number of nitrogens with zero attached hydrogens (tertiary/aromatic N) is 2. The standard InChI is InChI=1S/C15H12N2OS/c19-14-15(9-18-12-6-3-7-16-13(12)15)11-5-2-1-4-10(11)8-17-14/h1-8,12-13H,9H2. The van der Waals surface area contributed by atoms with Crippen molar-refractivity contribution >= 4 is 29.6 Å². The summed E-state index contributed by atoms with van der Waals surface area (Å²) in [6.07, 6.45) is 7.67. The van der Waals surface area contributed by atoms with Crippen molar-refractivity contribution < 1.29 is 4.74 Å².